The Kier molecular flexibility index (Phi) is 8.61. The normalized spacial score (nSPS) is 32.0. The number of fused-ring (bicyclic) bond motifs is 4. The highest BCUT2D eigenvalue weighted by Gasteiger charge is 2.57. The molecule has 0 aliphatic carbocycles. The van der Waals surface area contributed by atoms with Gasteiger partial charge in [0, 0.05) is 0 Å². The number of aliphatic hydroxyl groups excluding tert-OH is 1. The molecular weight excluding hydrogens is 701 g/mol. The minimum atomic E-state index is -4.11. The molecule has 8 rings (SSSR count). The van der Waals surface area contributed by atoms with Gasteiger partial charge in [0.15, 0.2) is 45.6 Å². The number of hydrogen-bond acceptors (Lipinski definition) is 16. The molecular formula is C26H31Cl2N9O10S. The summed E-state index contributed by atoms with van der Waals surface area (Å²) in [5.41, 5.74) is 1.91. The maximum absolute atomic E-state index is 11.1. The molecule has 8 atom stereocenters. The van der Waals surface area contributed by atoms with Crippen LogP contribution in [-0.4, -0.2) is 114 Å². The topological polar surface area (TPSA) is 232 Å². The van der Waals surface area contributed by atoms with Crippen molar-refractivity contribution in [3.05, 3.63) is 35.6 Å². The maximum Gasteiger partial charge on any atom is 0.333 e. The van der Waals surface area contributed by atoms with Crippen LogP contribution in [0.5, 0.6) is 0 Å². The first-order valence-corrected chi connectivity index (χ1v) is 16.8. The molecule has 8 heterocycles. The van der Waals surface area contributed by atoms with Crippen molar-refractivity contribution >= 4 is 55.8 Å². The quantitative estimate of drug-likeness (QED) is 0.263. The monoisotopic (exact) mass is 731 g/mol. The van der Waals surface area contributed by atoms with Gasteiger partial charge in [0.05, 0.1) is 25.9 Å². The van der Waals surface area contributed by atoms with Gasteiger partial charge in [0.25, 0.3) is 0 Å². The third kappa shape index (κ3) is 6.24. The molecule has 4 saturated heterocycles. The molecule has 0 aromatic carbocycles. The van der Waals surface area contributed by atoms with Crippen LogP contribution < -0.4 is 5.14 Å². The molecule has 0 bridgehead atoms. The maximum atomic E-state index is 11.1. The minimum absolute atomic E-state index is 0.153. The van der Waals surface area contributed by atoms with Crippen LogP contribution in [0.1, 0.15) is 40.2 Å². The average Bonchev–Trinajstić information content (AvgIpc) is 3.83. The lowest BCUT2D eigenvalue weighted by Crippen LogP contribution is -2.34. The van der Waals surface area contributed by atoms with Crippen LogP contribution in [0.15, 0.2) is 25.3 Å². The second-order valence-corrected chi connectivity index (χ2v) is 14.1. The summed E-state index contributed by atoms with van der Waals surface area (Å²) in [6.07, 6.45) is 1.60. The van der Waals surface area contributed by atoms with E-state index >= 15 is 0 Å². The Balaban J connectivity index is 0.000000154. The van der Waals surface area contributed by atoms with Crippen molar-refractivity contribution in [1.82, 2.24) is 39.0 Å². The van der Waals surface area contributed by atoms with E-state index in [4.69, 9.17) is 56.8 Å². The van der Waals surface area contributed by atoms with Gasteiger partial charge in [-0.2, -0.15) is 8.42 Å². The zero-order chi connectivity index (χ0) is 34.2. The van der Waals surface area contributed by atoms with E-state index in [0.717, 1.165) is 0 Å². The molecule has 19 nitrogen and oxygen atoms in total. The number of ether oxygens (including phenoxy) is 6. The molecule has 0 saturated carbocycles. The van der Waals surface area contributed by atoms with Crippen molar-refractivity contribution in [2.45, 2.75) is 88.3 Å². The molecule has 4 aliphatic heterocycles. The average molecular weight is 733 g/mol. The fourth-order valence-corrected chi connectivity index (χ4v) is 6.91. The zero-order valence-electron chi connectivity index (χ0n) is 25.8. The zero-order valence-corrected chi connectivity index (χ0v) is 28.1. The Morgan fingerprint density at radius 2 is 1.21 bits per heavy atom. The summed E-state index contributed by atoms with van der Waals surface area (Å²) in [4.78, 5) is 24.6. The second kappa shape index (κ2) is 12.2. The van der Waals surface area contributed by atoms with E-state index in [-0.39, 0.29) is 35.7 Å². The van der Waals surface area contributed by atoms with Crippen LogP contribution in [0, 0.1) is 0 Å². The standard InChI is InChI=1S/C13H16ClN5O6S.C13H15ClN4O4/c1-13(2)24-8-6(3-22-26(15,20)21)23-12(9(8)25-13)19-5-18-7-10(14)16-4-17-11(7)19;1-13(2)21-8-6(3-19)20-12(9(8)22-13)18-5-17-7-10(14)15-4-16-11(7)18/h4-6,8-9,12H,3H2,1-2H3,(H2,15,20,21);4-6,8-9,12,19H,3H2,1-2H3. The van der Waals surface area contributed by atoms with E-state index in [1.807, 2.05) is 13.8 Å². The van der Waals surface area contributed by atoms with E-state index < -0.39 is 58.8 Å². The summed E-state index contributed by atoms with van der Waals surface area (Å²) >= 11 is 12.1. The molecule has 4 aromatic rings. The highest BCUT2D eigenvalue weighted by molar-refractivity contribution is 7.84. The van der Waals surface area contributed by atoms with Gasteiger partial charge in [0.1, 0.15) is 60.3 Å². The van der Waals surface area contributed by atoms with Gasteiger partial charge in [-0.1, -0.05) is 23.2 Å². The number of aromatic nitrogens is 8. The van der Waals surface area contributed by atoms with Crippen LogP contribution in [-0.2, 0) is 42.9 Å². The molecule has 3 N–H and O–H groups in total. The van der Waals surface area contributed by atoms with Crippen molar-refractivity contribution in [1.29, 1.82) is 0 Å². The van der Waals surface area contributed by atoms with Gasteiger partial charge in [0.2, 0.25) is 0 Å². The number of halogens is 2. The molecule has 4 aromatic heterocycles. The molecule has 8 unspecified atom stereocenters. The third-order valence-corrected chi connectivity index (χ3v) is 9.02. The summed E-state index contributed by atoms with van der Waals surface area (Å²) in [5.74, 6) is -1.60. The molecule has 48 heavy (non-hydrogen) atoms. The highest BCUT2D eigenvalue weighted by atomic mass is 35.5. The highest BCUT2D eigenvalue weighted by Crippen LogP contribution is 2.45. The first-order chi connectivity index (χ1) is 22.6. The number of nitrogens with zero attached hydrogens (tertiary/aromatic N) is 8. The Bertz CT molecular complexity index is 1950. The van der Waals surface area contributed by atoms with Crippen LogP contribution >= 0.6 is 23.2 Å². The van der Waals surface area contributed by atoms with Crippen molar-refractivity contribution in [3.8, 4) is 0 Å². The number of imidazole rings is 2. The van der Waals surface area contributed by atoms with E-state index in [1.165, 1.54) is 19.0 Å². The van der Waals surface area contributed by atoms with Gasteiger partial charge in [-0.3, -0.25) is 13.3 Å². The molecule has 260 valence electrons. The van der Waals surface area contributed by atoms with Gasteiger partial charge >= 0.3 is 10.3 Å². The summed E-state index contributed by atoms with van der Waals surface area (Å²) in [7, 11) is -4.11. The Labute approximate surface area is 282 Å². The summed E-state index contributed by atoms with van der Waals surface area (Å²) in [6.45, 7) is 6.72. The van der Waals surface area contributed by atoms with Crippen LogP contribution in [0.25, 0.3) is 22.3 Å². The van der Waals surface area contributed by atoms with Gasteiger partial charge in [-0.05, 0) is 27.7 Å². The Morgan fingerprint density at radius 3 is 1.67 bits per heavy atom. The van der Waals surface area contributed by atoms with E-state index in [2.05, 4.69) is 34.1 Å². The van der Waals surface area contributed by atoms with Crippen molar-refractivity contribution in [3.63, 3.8) is 0 Å². The number of aliphatic hydroxyl groups is 1. The first kappa shape index (κ1) is 33.8. The van der Waals surface area contributed by atoms with E-state index in [9.17, 15) is 13.5 Å². The van der Waals surface area contributed by atoms with Gasteiger partial charge in [-0.25, -0.2) is 35.0 Å². The van der Waals surface area contributed by atoms with Crippen molar-refractivity contribution < 1.29 is 46.1 Å². The predicted molar refractivity (Wildman–Crippen MR) is 162 cm³/mol. The SMILES string of the molecule is CC1(C)OC2C(CO)OC(n3cnc4c(Cl)ncnc43)C2O1.CC1(C)OC2C(COS(N)(=O)=O)OC(n3cnc4c(Cl)ncnc43)C2O1. The number of hydrogen-bond donors (Lipinski definition) is 2. The molecule has 4 aliphatic rings. The smallest absolute Gasteiger partial charge is 0.333 e. The summed E-state index contributed by atoms with van der Waals surface area (Å²) < 4.78 is 65.7. The van der Waals surface area contributed by atoms with E-state index in [1.54, 1.807) is 29.3 Å². The lowest BCUT2D eigenvalue weighted by Gasteiger charge is -2.24. The van der Waals surface area contributed by atoms with Crippen molar-refractivity contribution in [2.24, 2.45) is 5.14 Å². The molecule has 22 heteroatoms. The molecule has 4 fully saturated rings. The first-order valence-electron chi connectivity index (χ1n) is 14.6. The third-order valence-electron chi connectivity index (χ3n) is 8.00. The van der Waals surface area contributed by atoms with Gasteiger partial charge in [-0.15, -0.1) is 0 Å². The van der Waals surface area contributed by atoms with Crippen molar-refractivity contribution in [2.75, 3.05) is 13.2 Å². The lowest BCUT2D eigenvalue weighted by molar-refractivity contribution is -0.199. The number of nitrogens with two attached hydrogens (primary N) is 1. The van der Waals surface area contributed by atoms with Crippen LogP contribution in [0.4, 0.5) is 0 Å². The van der Waals surface area contributed by atoms with Gasteiger partial charge < -0.3 is 33.5 Å². The predicted octanol–water partition coefficient (Wildman–Crippen LogP) is 1.01. The Morgan fingerprint density at radius 1 is 0.771 bits per heavy atom. The second-order valence-electron chi connectivity index (χ2n) is 12.2. The minimum Gasteiger partial charge on any atom is -0.394 e. The van der Waals surface area contributed by atoms with E-state index in [0.29, 0.717) is 22.3 Å². The largest absolute Gasteiger partial charge is 0.394 e. The lowest BCUT2D eigenvalue weighted by atomic mass is 10.1. The molecule has 0 spiro atoms. The Hall–Kier alpha value is -2.73. The van der Waals surface area contributed by atoms with Crippen LogP contribution in [0.3, 0.4) is 0 Å². The van der Waals surface area contributed by atoms with Crippen LogP contribution in [0.2, 0.25) is 10.3 Å². The number of rotatable bonds is 6. The molecule has 0 radical (unpaired) electrons. The fraction of sp³-hybridized carbons (Fsp3) is 0.615. The molecule has 0 amide bonds. The fourth-order valence-electron chi connectivity index (χ4n) is 6.23. The summed E-state index contributed by atoms with van der Waals surface area (Å²) in [5, 5.41) is 14.9. The summed E-state index contributed by atoms with van der Waals surface area (Å²) in [6, 6.07) is 0.